The van der Waals surface area contributed by atoms with Crippen LogP contribution in [0.2, 0.25) is 0 Å². The van der Waals surface area contributed by atoms with Gasteiger partial charge in [-0.1, -0.05) is 12.1 Å². The van der Waals surface area contributed by atoms with Crippen LogP contribution < -0.4 is 10.6 Å². The number of rotatable bonds is 3. The molecule has 0 spiro atoms. The highest BCUT2D eigenvalue weighted by atomic mass is 16.3. The topological polar surface area (TPSA) is 79.2 Å². The van der Waals surface area contributed by atoms with Gasteiger partial charge < -0.3 is 19.5 Å². The first kappa shape index (κ1) is 15.4. The Morgan fingerprint density at radius 2 is 1.75 bits per heavy atom. The van der Waals surface area contributed by atoms with Crippen molar-refractivity contribution in [1.82, 2.24) is 20.0 Å². The molecule has 0 amide bonds. The fraction of sp³-hybridized carbons (Fsp3) is 0.190. The smallest absolute Gasteiger partial charge is 0.149 e. The molecule has 3 aromatic heterocycles. The summed E-state index contributed by atoms with van der Waals surface area (Å²) in [6, 6.07) is 12.4. The van der Waals surface area contributed by atoms with Crippen molar-refractivity contribution >= 4 is 28.3 Å². The molecule has 138 valence electrons. The first-order chi connectivity index (χ1) is 13.8. The maximum absolute atomic E-state index is 6.15. The van der Waals surface area contributed by atoms with Gasteiger partial charge in [-0.25, -0.2) is 4.98 Å². The number of amidine groups is 2. The maximum atomic E-state index is 6.15. The van der Waals surface area contributed by atoms with Crippen molar-refractivity contribution in [1.29, 1.82) is 0 Å². The number of imidazole rings is 1. The number of aliphatic imine (C=N–C) groups is 2. The summed E-state index contributed by atoms with van der Waals surface area (Å²) in [5.74, 6) is 2.64. The van der Waals surface area contributed by atoms with E-state index in [1.165, 1.54) is 0 Å². The molecule has 1 aromatic carbocycles. The fourth-order valence-corrected chi connectivity index (χ4v) is 3.73. The van der Waals surface area contributed by atoms with Crippen molar-refractivity contribution in [2.45, 2.75) is 0 Å². The van der Waals surface area contributed by atoms with Crippen LogP contribution in [-0.4, -0.2) is 47.2 Å². The Kier molecular flexibility index (Phi) is 3.28. The Labute approximate surface area is 160 Å². The molecule has 0 bridgehead atoms. The number of benzene rings is 1. The predicted molar refractivity (Wildman–Crippen MR) is 109 cm³/mol. The number of nitrogens with one attached hydrogen (secondary N) is 2. The van der Waals surface area contributed by atoms with Crippen LogP contribution in [0.1, 0.15) is 11.3 Å². The normalized spacial score (nSPS) is 16.3. The third kappa shape index (κ3) is 2.47. The third-order valence-corrected chi connectivity index (χ3v) is 5.13. The first-order valence-corrected chi connectivity index (χ1v) is 9.44. The zero-order chi connectivity index (χ0) is 18.5. The SMILES string of the molecule is c1cc2cc(-c3ccn4cc(C5=NCCN5)nc4c3)oc2cc1C1=NCCN1. The number of pyridine rings is 1. The summed E-state index contributed by atoms with van der Waals surface area (Å²) in [5.41, 5.74) is 4.66. The summed E-state index contributed by atoms with van der Waals surface area (Å²) in [6.45, 7) is 3.39. The monoisotopic (exact) mass is 370 g/mol. The quantitative estimate of drug-likeness (QED) is 0.581. The van der Waals surface area contributed by atoms with Gasteiger partial charge in [0.15, 0.2) is 0 Å². The standard InChI is InChI=1S/C21H18N6O/c1-2-15(20-22-4-5-23-20)10-18-13(1)9-17(28-18)14-3-8-27-12-16(26-19(27)11-14)21-24-6-7-25-21/h1-3,8-12H,4-7H2,(H,22,23)(H,24,25). The summed E-state index contributed by atoms with van der Waals surface area (Å²) in [5, 5.41) is 7.65. The number of aromatic nitrogens is 2. The molecule has 0 unspecified atom stereocenters. The average Bonchev–Trinajstić information content (AvgIpc) is 3.52. The summed E-state index contributed by atoms with van der Waals surface area (Å²) in [6.07, 6.45) is 4.00. The molecule has 0 saturated carbocycles. The van der Waals surface area contributed by atoms with Gasteiger partial charge in [0, 0.05) is 42.0 Å². The minimum Gasteiger partial charge on any atom is -0.456 e. The molecule has 7 nitrogen and oxygen atoms in total. The van der Waals surface area contributed by atoms with Crippen molar-refractivity contribution in [2.24, 2.45) is 9.98 Å². The molecule has 28 heavy (non-hydrogen) atoms. The Morgan fingerprint density at radius 3 is 2.57 bits per heavy atom. The Morgan fingerprint density at radius 1 is 0.893 bits per heavy atom. The Hall–Kier alpha value is -3.61. The van der Waals surface area contributed by atoms with E-state index in [0.29, 0.717) is 0 Å². The van der Waals surface area contributed by atoms with E-state index in [1.807, 2.05) is 35.0 Å². The lowest BCUT2D eigenvalue weighted by Gasteiger charge is -2.01. The van der Waals surface area contributed by atoms with Crippen molar-refractivity contribution < 1.29 is 4.42 Å². The van der Waals surface area contributed by atoms with Crippen molar-refractivity contribution in [2.75, 3.05) is 26.2 Å². The number of fused-ring (bicyclic) bond motifs is 2. The molecule has 2 aliphatic heterocycles. The lowest BCUT2D eigenvalue weighted by Crippen LogP contribution is -2.19. The van der Waals surface area contributed by atoms with E-state index in [1.54, 1.807) is 0 Å². The molecule has 4 aromatic rings. The third-order valence-electron chi connectivity index (χ3n) is 5.13. The van der Waals surface area contributed by atoms with Gasteiger partial charge in [0.05, 0.1) is 13.1 Å². The second-order valence-electron chi connectivity index (χ2n) is 6.98. The molecule has 2 N–H and O–H groups in total. The summed E-state index contributed by atoms with van der Waals surface area (Å²) < 4.78 is 8.16. The van der Waals surface area contributed by atoms with Gasteiger partial charge in [-0.15, -0.1) is 0 Å². The minimum atomic E-state index is 0.803. The molecule has 2 aliphatic rings. The number of hydrogen-bond donors (Lipinski definition) is 2. The van der Waals surface area contributed by atoms with E-state index in [4.69, 9.17) is 9.40 Å². The zero-order valence-electron chi connectivity index (χ0n) is 15.1. The highest BCUT2D eigenvalue weighted by Gasteiger charge is 2.14. The Balaban J connectivity index is 1.39. The van der Waals surface area contributed by atoms with Gasteiger partial charge >= 0.3 is 0 Å². The van der Waals surface area contributed by atoms with Crippen molar-refractivity contribution in [3.8, 4) is 11.3 Å². The number of nitrogens with zero attached hydrogens (tertiary/aromatic N) is 4. The van der Waals surface area contributed by atoms with Gasteiger partial charge in [0.2, 0.25) is 0 Å². The highest BCUT2D eigenvalue weighted by molar-refractivity contribution is 6.02. The molecule has 5 heterocycles. The lowest BCUT2D eigenvalue weighted by atomic mass is 10.1. The molecule has 0 radical (unpaired) electrons. The van der Waals surface area contributed by atoms with Crippen LogP contribution in [0.25, 0.3) is 27.9 Å². The molecular weight excluding hydrogens is 352 g/mol. The van der Waals surface area contributed by atoms with Crippen LogP contribution >= 0.6 is 0 Å². The lowest BCUT2D eigenvalue weighted by molar-refractivity contribution is 0.631. The molecule has 0 saturated heterocycles. The number of hydrogen-bond acceptors (Lipinski definition) is 6. The molecule has 7 heteroatoms. The van der Waals surface area contributed by atoms with Crippen LogP contribution in [0.5, 0.6) is 0 Å². The van der Waals surface area contributed by atoms with Crippen molar-refractivity contribution in [3.63, 3.8) is 0 Å². The summed E-state index contributed by atoms with van der Waals surface area (Å²) in [7, 11) is 0. The van der Waals surface area contributed by atoms with Gasteiger partial charge in [-0.05, 0) is 24.3 Å². The molecule has 0 fully saturated rings. The minimum absolute atomic E-state index is 0.803. The van der Waals surface area contributed by atoms with E-state index in [0.717, 1.165) is 77.0 Å². The molecule has 0 aliphatic carbocycles. The molecular formula is C21H18N6O. The number of furan rings is 1. The fourth-order valence-electron chi connectivity index (χ4n) is 3.73. The van der Waals surface area contributed by atoms with E-state index in [-0.39, 0.29) is 0 Å². The maximum Gasteiger partial charge on any atom is 0.149 e. The second-order valence-corrected chi connectivity index (χ2v) is 6.98. The van der Waals surface area contributed by atoms with Gasteiger partial charge in [0.1, 0.15) is 34.4 Å². The van der Waals surface area contributed by atoms with Gasteiger partial charge in [-0.3, -0.25) is 9.98 Å². The van der Waals surface area contributed by atoms with Crippen LogP contribution in [0, 0.1) is 0 Å². The van der Waals surface area contributed by atoms with Crippen LogP contribution in [-0.2, 0) is 0 Å². The molecule has 0 atom stereocenters. The summed E-state index contributed by atoms with van der Waals surface area (Å²) >= 11 is 0. The van der Waals surface area contributed by atoms with E-state index in [9.17, 15) is 0 Å². The Bertz CT molecular complexity index is 1260. The highest BCUT2D eigenvalue weighted by Crippen LogP contribution is 2.29. The van der Waals surface area contributed by atoms with Crippen LogP contribution in [0.4, 0.5) is 0 Å². The second kappa shape index (κ2) is 5.95. The van der Waals surface area contributed by atoms with Crippen LogP contribution in [0.3, 0.4) is 0 Å². The first-order valence-electron chi connectivity index (χ1n) is 9.44. The van der Waals surface area contributed by atoms with Gasteiger partial charge in [0.25, 0.3) is 0 Å². The van der Waals surface area contributed by atoms with Crippen LogP contribution in [0.15, 0.2) is 63.2 Å². The largest absolute Gasteiger partial charge is 0.456 e. The molecule has 6 rings (SSSR count). The van der Waals surface area contributed by atoms with Gasteiger partial charge in [-0.2, -0.15) is 0 Å². The van der Waals surface area contributed by atoms with E-state index >= 15 is 0 Å². The zero-order valence-corrected chi connectivity index (χ0v) is 15.1. The predicted octanol–water partition coefficient (Wildman–Crippen LogP) is 2.45. The van der Waals surface area contributed by atoms with Crippen molar-refractivity contribution in [3.05, 3.63) is 60.0 Å². The summed E-state index contributed by atoms with van der Waals surface area (Å²) in [4.78, 5) is 13.6. The van der Waals surface area contributed by atoms with E-state index in [2.05, 4.69) is 38.8 Å². The van der Waals surface area contributed by atoms with E-state index < -0.39 is 0 Å². The average molecular weight is 370 g/mol.